The number of furan rings is 1. The third-order valence-electron chi connectivity index (χ3n) is 5.29. The number of nitrogens with zero attached hydrogens (tertiary/aromatic N) is 6. The van der Waals surface area contributed by atoms with Crippen molar-refractivity contribution in [2.45, 2.75) is 0 Å². The highest BCUT2D eigenvalue weighted by Crippen LogP contribution is 2.16. The second kappa shape index (κ2) is 7.97. The first-order valence-electron chi connectivity index (χ1n) is 9.49. The number of carbonyl (C=O) groups excluding carboxylic acids is 2. The molecule has 2 amide bonds. The van der Waals surface area contributed by atoms with Crippen LogP contribution in [0.25, 0.3) is 0 Å². The van der Waals surface area contributed by atoms with Gasteiger partial charge in [-0.2, -0.15) is 0 Å². The Morgan fingerprint density at radius 1 is 0.929 bits per heavy atom. The Labute approximate surface area is 163 Å². The molecule has 0 radical (unpaired) electrons. The summed E-state index contributed by atoms with van der Waals surface area (Å²) < 4.78 is 5.17. The Kier molecular flexibility index (Phi) is 5.25. The van der Waals surface area contributed by atoms with Crippen molar-refractivity contribution in [3.63, 3.8) is 0 Å². The van der Waals surface area contributed by atoms with Crippen molar-refractivity contribution in [3.8, 4) is 0 Å². The molecule has 28 heavy (non-hydrogen) atoms. The van der Waals surface area contributed by atoms with Crippen molar-refractivity contribution in [1.29, 1.82) is 0 Å². The zero-order chi connectivity index (χ0) is 19.5. The zero-order valence-electron chi connectivity index (χ0n) is 16.0. The summed E-state index contributed by atoms with van der Waals surface area (Å²) in [5.74, 6) is 0.852. The van der Waals surface area contributed by atoms with E-state index in [1.165, 1.54) is 12.6 Å². The lowest BCUT2D eigenvalue weighted by Gasteiger charge is -2.34. The number of piperazine rings is 2. The van der Waals surface area contributed by atoms with Crippen LogP contribution in [0.15, 0.2) is 35.2 Å². The molecule has 2 fully saturated rings. The van der Waals surface area contributed by atoms with Crippen LogP contribution in [0.1, 0.15) is 21.0 Å². The van der Waals surface area contributed by atoms with E-state index < -0.39 is 0 Å². The van der Waals surface area contributed by atoms with Gasteiger partial charge in [0.1, 0.15) is 17.8 Å². The summed E-state index contributed by atoms with van der Waals surface area (Å²) in [6.07, 6.45) is 2.94. The number of anilines is 1. The molecule has 0 atom stereocenters. The van der Waals surface area contributed by atoms with Crippen LogP contribution >= 0.6 is 0 Å². The Morgan fingerprint density at radius 3 is 2.25 bits per heavy atom. The van der Waals surface area contributed by atoms with Gasteiger partial charge in [0.2, 0.25) is 0 Å². The summed E-state index contributed by atoms with van der Waals surface area (Å²) in [4.78, 5) is 41.6. The number of aromatic nitrogens is 2. The minimum Gasteiger partial charge on any atom is -0.459 e. The van der Waals surface area contributed by atoms with Crippen LogP contribution < -0.4 is 4.90 Å². The van der Waals surface area contributed by atoms with E-state index >= 15 is 0 Å². The van der Waals surface area contributed by atoms with E-state index in [2.05, 4.69) is 26.8 Å². The lowest BCUT2D eigenvalue weighted by atomic mass is 10.2. The average Bonchev–Trinajstić information content (AvgIpc) is 3.28. The van der Waals surface area contributed by atoms with Gasteiger partial charge in [-0.15, -0.1) is 0 Å². The number of hydrogen-bond donors (Lipinski definition) is 0. The van der Waals surface area contributed by atoms with E-state index in [-0.39, 0.29) is 11.8 Å². The van der Waals surface area contributed by atoms with Gasteiger partial charge in [0.25, 0.3) is 11.8 Å². The molecule has 0 aliphatic carbocycles. The van der Waals surface area contributed by atoms with Crippen molar-refractivity contribution < 1.29 is 14.0 Å². The lowest BCUT2D eigenvalue weighted by molar-refractivity contribution is 0.0515. The van der Waals surface area contributed by atoms with Gasteiger partial charge in [-0.05, 0) is 19.2 Å². The maximum absolute atomic E-state index is 12.9. The van der Waals surface area contributed by atoms with Gasteiger partial charge in [0, 0.05) is 58.4 Å². The van der Waals surface area contributed by atoms with Crippen LogP contribution in [-0.4, -0.2) is 95.9 Å². The highest BCUT2D eigenvalue weighted by Gasteiger charge is 2.27. The molecule has 2 aromatic heterocycles. The third kappa shape index (κ3) is 3.84. The fourth-order valence-electron chi connectivity index (χ4n) is 3.50. The van der Waals surface area contributed by atoms with E-state index in [1.807, 2.05) is 0 Å². The number of rotatable bonds is 3. The van der Waals surface area contributed by atoms with Crippen molar-refractivity contribution in [1.82, 2.24) is 24.7 Å². The molecule has 2 aliphatic rings. The Balaban J connectivity index is 1.37. The second-order valence-corrected chi connectivity index (χ2v) is 7.11. The second-order valence-electron chi connectivity index (χ2n) is 7.11. The summed E-state index contributed by atoms with van der Waals surface area (Å²) >= 11 is 0. The van der Waals surface area contributed by atoms with Gasteiger partial charge < -0.3 is 24.0 Å². The molecule has 9 nitrogen and oxygen atoms in total. The summed E-state index contributed by atoms with van der Waals surface area (Å²) in [5, 5.41) is 0. The van der Waals surface area contributed by atoms with Crippen LogP contribution in [0.4, 0.5) is 5.82 Å². The van der Waals surface area contributed by atoms with Crippen molar-refractivity contribution in [3.05, 3.63) is 42.2 Å². The molecule has 2 saturated heterocycles. The first-order chi connectivity index (χ1) is 13.6. The minimum absolute atomic E-state index is 0.122. The molecular weight excluding hydrogens is 360 g/mol. The molecule has 4 heterocycles. The van der Waals surface area contributed by atoms with Crippen LogP contribution in [0, 0.1) is 0 Å². The third-order valence-corrected chi connectivity index (χ3v) is 5.29. The van der Waals surface area contributed by atoms with Gasteiger partial charge in [-0.25, -0.2) is 9.97 Å². The molecule has 0 bridgehead atoms. The molecule has 0 spiro atoms. The van der Waals surface area contributed by atoms with Gasteiger partial charge in [-0.1, -0.05) is 0 Å². The SMILES string of the molecule is CN1CCN(c2cc(C(=O)N3CCN(C(=O)c4ccco4)CC3)ncn2)CC1. The molecule has 0 aromatic carbocycles. The van der Waals surface area contributed by atoms with Crippen molar-refractivity contribution >= 4 is 17.6 Å². The number of carbonyl (C=O) groups is 2. The molecule has 0 N–H and O–H groups in total. The van der Waals surface area contributed by atoms with Crippen LogP contribution in [0.3, 0.4) is 0 Å². The predicted octanol–water partition coefficient (Wildman–Crippen LogP) is 0.420. The van der Waals surface area contributed by atoms with E-state index in [0.717, 1.165) is 32.0 Å². The number of likely N-dealkylation sites (N-methyl/N-ethyl adjacent to an activating group) is 1. The fraction of sp³-hybridized carbons (Fsp3) is 0.474. The van der Waals surface area contributed by atoms with Gasteiger partial charge in [-0.3, -0.25) is 9.59 Å². The smallest absolute Gasteiger partial charge is 0.289 e. The molecular formula is C19H24N6O3. The van der Waals surface area contributed by atoms with Gasteiger partial charge >= 0.3 is 0 Å². The summed E-state index contributed by atoms with van der Waals surface area (Å²) in [7, 11) is 2.10. The summed E-state index contributed by atoms with van der Waals surface area (Å²) in [5.41, 5.74) is 0.398. The molecule has 4 rings (SSSR count). The van der Waals surface area contributed by atoms with Crippen LogP contribution in [0.2, 0.25) is 0 Å². The van der Waals surface area contributed by atoms with Gasteiger partial charge in [0.05, 0.1) is 6.26 Å². The predicted molar refractivity (Wildman–Crippen MR) is 102 cm³/mol. The lowest BCUT2D eigenvalue weighted by Crippen LogP contribution is -2.50. The molecule has 148 valence electrons. The monoisotopic (exact) mass is 384 g/mol. The first kappa shape index (κ1) is 18.4. The maximum Gasteiger partial charge on any atom is 0.289 e. The topological polar surface area (TPSA) is 86.0 Å². The van der Waals surface area contributed by atoms with E-state index in [4.69, 9.17) is 4.42 Å². The molecule has 2 aliphatic heterocycles. The Hall–Kier alpha value is -2.94. The van der Waals surface area contributed by atoms with Crippen molar-refractivity contribution in [2.24, 2.45) is 0 Å². The Morgan fingerprint density at radius 2 is 1.61 bits per heavy atom. The van der Waals surface area contributed by atoms with E-state index in [0.29, 0.717) is 37.6 Å². The van der Waals surface area contributed by atoms with Crippen LogP contribution in [0.5, 0.6) is 0 Å². The summed E-state index contributed by atoms with van der Waals surface area (Å²) in [6.45, 7) is 5.60. The van der Waals surface area contributed by atoms with E-state index in [9.17, 15) is 9.59 Å². The molecule has 9 heteroatoms. The Bertz CT molecular complexity index is 824. The normalized spacial score (nSPS) is 18.4. The first-order valence-corrected chi connectivity index (χ1v) is 9.49. The molecule has 2 aromatic rings. The molecule has 0 saturated carbocycles. The zero-order valence-corrected chi connectivity index (χ0v) is 16.0. The largest absolute Gasteiger partial charge is 0.459 e. The fourth-order valence-corrected chi connectivity index (χ4v) is 3.50. The maximum atomic E-state index is 12.9. The van der Waals surface area contributed by atoms with Gasteiger partial charge in [0.15, 0.2) is 5.76 Å². The number of amides is 2. The van der Waals surface area contributed by atoms with E-state index in [1.54, 1.807) is 28.0 Å². The summed E-state index contributed by atoms with van der Waals surface area (Å²) in [6, 6.07) is 5.12. The quantitative estimate of drug-likeness (QED) is 0.758. The van der Waals surface area contributed by atoms with Crippen LogP contribution in [-0.2, 0) is 0 Å². The molecule has 0 unspecified atom stereocenters. The van der Waals surface area contributed by atoms with Crippen molar-refractivity contribution in [2.75, 3.05) is 64.3 Å². The number of hydrogen-bond acceptors (Lipinski definition) is 7. The highest BCUT2D eigenvalue weighted by molar-refractivity contribution is 5.94. The highest BCUT2D eigenvalue weighted by atomic mass is 16.3. The average molecular weight is 384 g/mol. The standard InChI is InChI=1S/C19H24N6O3/c1-22-4-6-23(7-5-22)17-13-15(20-14-21-17)18(26)24-8-10-25(11-9-24)19(27)16-3-2-12-28-16/h2-3,12-14H,4-11H2,1H3. The minimum atomic E-state index is -0.142.